The average molecular weight is 278 g/mol. The Balaban J connectivity index is 2.09. The van der Waals surface area contributed by atoms with E-state index in [0.717, 1.165) is 32.1 Å². The van der Waals surface area contributed by atoms with Gasteiger partial charge in [0, 0.05) is 24.7 Å². The van der Waals surface area contributed by atoms with Gasteiger partial charge in [0.15, 0.2) is 0 Å². The Hall–Kier alpha value is -0.290. The summed E-state index contributed by atoms with van der Waals surface area (Å²) < 4.78 is 38.4. The van der Waals surface area contributed by atoms with Crippen molar-refractivity contribution in [2.24, 2.45) is 5.92 Å². The normalized spacial score (nSPS) is 29.8. The van der Waals surface area contributed by atoms with Gasteiger partial charge in [-0.25, -0.2) is 0 Å². The van der Waals surface area contributed by atoms with Crippen molar-refractivity contribution in [3.63, 3.8) is 0 Å². The molecule has 0 radical (unpaired) electrons. The minimum atomic E-state index is -4.09. The van der Waals surface area contributed by atoms with E-state index in [9.17, 15) is 13.2 Å². The molecule has 2 rings (SSSR count). The molecule has 0 amide bonds. The van der Waals surface area contributed by atoms with Crippen LogP contribution < -0.4 is 5.32 Å². The number of hydrogen-bond acceptors (Lipinski definition) is 2. The summed E-state index contributed by atoms with van der Waals surface area (Å²) in [4.78, 5) is 1.69. The number of nitrogens with zero attached hydrogens (tertiary/aromatic N) is 1. The van der Waals surface area contributed by atoms with Gasteiger partial charge < -0.3 is 5.32 Å². The van der Waals surface area contributed by atoms with Gasteiger partial charge in [-0.05, 0) is 18.8 Å². The number of nitrogens with one attached hydrogen (secondary N) is 1. The third-order valence-corrected chi connectivity index (χ3v) is 4.90. The third-order valence-electron chi connectivity index (χ3n) is 4.90. The van der Waals surface area contributed by atoms with E-state index in [1.54, 1.807) is 4.90 Å². The fourth-order valence-electron chi connectivity index (χ4n) is 3.64. The Morgan fingerprint density at radius 1 is 1.32 bits per heavy atom. The lowest BCUT2D eigenvalue weighted by molar-refractivity contribution is -0.159. The topological polar surface area (TPSA) is 15.3 Å². The lowest BCUT2D eigenvalue weighted by Crippen LogP contribution is -2.65. The van der Waals surface area contributed by atoms with E-state index in [1.807, 2.05) is 0 Å². The van der Waals surface area contributed by atoms with Crippen LogP contribution in [0.1, 0.15) is 46.0 Å². The molecule has 0 aromatic rings. The van der Waals surface area contributed by atoms with E-state index in [1.165, 1.54) is 0 Å². The van der Waals surface area contributed by atoms with Crippen LogP contribution in [0.15, 0.2) is 0 Å². The van der Waals surface area contributed by atoms with Gasteiger partial charge in [0.25, 0.3) is 0 Å². The Morgan fingerprint density at radius 3 is 2.47 bits per heavy atom. The minimum absolute atomic E-state index is 0.0119. The zero-order valence-corrected chi connectivity index (χ0v) is 11.9. The van der Waals surface area contributed by atoms with E-state index in [0.29, 0.717) is 19.0 Å². The fraction of sp³-hybridized carbons (Fsp3) is 1.00. The Bertz CT molecular complexity index is 298. The van der Waals surface area contributed by atoms with E-state index in [2.05, 4.69) is 19.2 Å². The molecule has 2 unspecified atom stereocenters. The van der Waals surface area contributed by atoms with Crippen molar-refractivity contribution < 1.29 is 13.2 Å². The maximum Gasteiger partial charge on any atom is 0.401 e. The minimum Gasteiger partial charge on any atom is -0.308 e. The molecule has 0 aromatic heterocycles. The molecule has 2 aliphatic rings. The summed E-state index contributed by atoms with van der Waals surface area (Å²) in [6, 6.07) is 0.0119. The van der Waals surface area contributed by atoms with Crippen molar-refractivity contribution in [3.8, 4) is 0 Å². The SMILES string of the molecule is CCC(C)C1CNC2(CCCC2)CN1CC(F)(F)F. The molecule has 5 heteroatoms. The lowest BCUT2D eigenvalue weighted by atomic mass is 9.87. The highest BCUT2D eigenvalue weighted by Gasteiger charge is 2.45. The van der Waals surface area contributed by atoms with Crippen LogP contribution in [0.5, 0.6) is 0 Å². The summed E-state index contributed by atoms with van der Waals surface area (Å²) in [5.41, 5.74) is -0.0464. The number of hydrogen-bond donors (Lipinski definition) is 1. The van der Waals surface area contributed by atoms with Crippen LogP contribution in [0, 0.1) is 5.92 Å². The van der Waals surface area contributed by atoms with Crippen molar-refractivity contribution in [3.05, 3.63) is 0 Å². The molecule has 1 aliphatic carbocycles. The van der Waals surface area contributed by atoms with E-state index < -0.39 is 12.7 Å². The number of piperazine rings is 1. The molecule has 0 bridgehead atoms. The maximum absolute atomic E-state index is 12.8. The lowest BCUT2D eigenvalue weighted by Gasteiger charge is -2.48. The molecule has 1 aliphatic heterocycles. The quantitative estimate of drug-likeness (QED) is 0.853. The van der Waals surface area contributed by atoms with Crippen LogP contribution in [0.25, 0.3) is 0 Å². The molecule has 19 heavy (non-hydrogen) atoms. The van der Waals surface area contributed by atoms with Crippen LogP contribution in [0.3, 0.4) is 0 Å². The number of halogens is 3. The number of rotatable bonds is 3. The first-order chi connectivity index (χ1) is 8.85. The molecular weight excluding hydrogens is 253 g/mol. The molecule has 1 saturated carbocycles. The predicted octanol–water partition coefficient (Wildman–Crippen LogP) is 3.18. The molecule has 1 heterocycles. The van der Waals surface area contributed by atoms with E-state index in [-0.39, 0.29) is 11.6 Å². The van der Waals surface area contributed by atoms with Crippen molar-refractivity contribution >= 4 is 0 Å². The van der Waals surface area contributed by atoms with Gasteiger partial charge in [-0.15, -0.1) is 0 Å². The van der Waals surface area contributed by atoms with Crippen molar-refractivity contribution in [2.75, 3.05) is 19.6 Å². The maximum atomic E-state index is 12.8. The van der Waals surface area contributed by atoms with Crippen molar-refractivity contribution in [1.82, 2.24) is 10.2 Å². The smallest absolute Gasteiger partial charge is 0.308 e. The molecule has 2 fully saturated rings. The highest BCUT2D eigenvalue weighted by molar-refractivity contribution is 5.02. The molecule has 2 nitrogen and oxygen atoms in total. The van der Waals surface area contributed by atoms with Crippen LogP contribution in [-0.2, 0) is 0 Å². The van der Waals surface area contributed by atoms with Crippen LogP contribution >= 0.6 is 0 Å². The second-order valence-corrected chi connectivity index (χ2v) is 6.34. The number of alkyl halides is 3. The van der Waals surface area contributed by atoms with E-state index in [4.69, 9.17) is 0 Å². The molecule has 1 saturated heterocycles. The van der Waals surface area contributed by atoms with Gasteiger partial charge in [0.1, 0.15) is 0 Å². The van der Waals surface area contributed by atoms with Gasteiger partial charge in [-0.2, -0.15) is 13.2 Å². The van der Waals surface area contributed by atoms with E-state index >= 15 is 0 Å². The molecule has 1 N–H and O–H groups in total. The Morgan fingerprint density at radius 2 is 1.95 bits per heavy atom. The first-order valence-electron chi connectivity index (χ1n) is 7.41. The van der Waals surface area contributed by atoms with Gasteiger partial charge in [-0.1, -0.05) is 33.1 Å². The second-order valence-electron chi connectivity index (χ2n) is 6.34. The highest BCUT2D eigenvalue weighted by atomic mass is 19.4. The van der Waals surface area contributed by atoms with Gasteiger partial charge in [-0.3, -0.25) is 4.90 Å². The van der Waals surface area contributed by atoms with Gasteiger partial charge in [0.05, 0.1) is 6.54 Å². The standard InChI is InChI=1S/C14H25F3N2/c1-3-11(2)12-8-18-13(6-4-5-7-13)9-19(12)10-14(15,16)17/h11-12,18H,3-10H2,1-2H3. The van der Waals surface area contributed by atoms with Crippen LogP contribution in [0.2, 0.25) is 0 Å². The summed E-state index contributed by atoms with van der Waals surface area (Å²) in [5, 5.41) is 3.57. The Labute approximate surface area is 113 Å². The summed E-state index contributed by atoms with van der Waals surface area (Å²) >= 11 is 0. The fourth-order valence-corrected chi connectivity index (χ4v) is 3.64. The zero-order valence-electron chi connectivity index (χ0n) is 11.9. The van der Waals surface area contributed by atoms with Gasteiger partial charge in [0.2, 0.25) is 0 Å². The van der Waals surface area contributed by atoms with Crippen molar-refractivity contribution in [2.45, 2.75) is 63.7 Å². The summed E-state index contributed by atoms with van der Waals surface area (Å²) in [7, 11) is 0. The largest absolute Gasteiger partial charge is 0.401 e. The summed E-state index contributed by atoms with van der Waals surface area (Å²) in [6.07, 6.45) is 1.15. The van der Waals surface area contributed by atoms with Crippen molar-refractivity contribution in [1.29, 1.82) is 0 Å². The highest BCUT2D eigenvalue weighted by Crippen LogP contribution is 2.35. The first kappa shape index (κ1) is 15.1. The van der Waals surface area contributed by atoms with Crippen LogP contribution in [-0.4, -0.2) is 42.3 Å². The third kappa shape index (κ3) is 3.63. The first-order valence-corrected chi connectivity index (χ1v) is 7.41. The zero-order chi connectivity index (χ0) is 14.1. The molecule has 2 atom stereocenters. The molecule has 1 spiro atoms. The summed E-state index contributed by atoms with van der Waals surface area (Å²) in [5.74, 6) is 0.300. The summed E-state index contributed by atoms with van der Waals surface area (Å²) in [6.45, 7) is 4.61. The second kappa shape index (κ2) is 5.60. The molecular formula is C14H25F3N2. The van der Waals surface area contributed by atoms with Gasteiger partial charge >= 0.3 is 6.18 Å². The van der Waals surface area contributed by atoms with Crippen LogP contribution in [0.4, 0.5) is 13.2 Å². The predicted molar refractivity (Wildman–Crippen MR) is 70.1 cm³/mol. The molecule has 112 valence electrons. The molecule has 0 aromatic carbocycles. The Kier molecular flexibility index (Phi) is 4.45. The average Bonchev–Trinajstić information content (AvgIpc) is 2.74. The monoisotopic (exact) mass is 278 g/mol.